The van der Waals surface area contributed by atoms with Gasteiger partial charge in [-0.1, -0.05) is 13.8 Å². The molecule has 4 heteroatoms. The molecule has 0 saturated heterocycles. The van der Waals surface area contributed by atoms with Gasteiger partial charge in [0, 0.05) is 6.04 Å². The van der Waals surface area contributed by atoms with Crippen LogP contribution in [-0.2, 0) is 4.79 Å². The predicted octanol–water partition coefficient (Wildman–Crippen LogP) is 0.714. The molecule has 0 spiro atoms. The lowest BCUT2D eigenvalue weighted by Gasteiger charge is -2.30. The van der Waals surface area contributed by atoms with E-state index in [9.17, 15) is 4.79 Å². The van der Waals surface area contributed by atoms with Crippen molar-refractivity contribution in [2.45, 2.75) is 51.1 Å². The van der Waals surface area contributed by atoms with Gasteiger partial charge in [-0.3, -0.25) is 4.79 Å². The average molecular weight is 227 g/mol. The topological polar surface area (TPSA) is 58.4 Å². The first-order valence-electron chi connectivity index (χ1n) is 6.32. The van der Waals surface area contributed by atoms with Crippen LogP contribution in [0.25, 0.3) is 0 Å². The molecule has 0 bridgehead atoms. The lowest BCUT2D eigenvalue weighted by atomic mass is 9.96. The van der Waals surface area contributed by atoms with Gasteiger partial charge < -0.3 is 16.0 Å². The molecule has 0 radical (unpaired) electrons. The smallest absolute Gasteiger partial charge is 0.237 e. The molecule has 3 N–H and O–H groups in total. The molecule has 16 heavy (non-hydrogen) atoms. The Morgan fingerprint density at radius 2 is 2.25 bits per heavy atom. The molecule has 2 atom stereocenters. The molecule has 1 aliphatic carbocycles. The van der Waals surface area contributed by atoms with Crippen molar-refractivity contribution in [2.75, 3.05) is 20.1 Å². The van der Waals surface area contributed by atoms with E-state index >= 15 is 0 Å². The first-order chi connectivity index (χ1) is 7.59. The molecule has 1 aliphatic rings. The van der Waals surface area contributed by atoms with Crippen molar-refractivity contribution in [3.63, 3.8) is 0 Å². The fraction of sp³-hybridized carbons (Fsp3) is 0.917. The Morgan fingerprint density at radius 3 is 2.62 bits per heavy atom. The summed E-state index contributed by atoms with van der Waals surface area (Å²) in [5, 5.41) is 3.13. The Kier molecular flexibility index (Phi) is 4.74. The van der Waals surface area contributed by atoms with Crippen molar-refractivity contribution in [3.8, 4) is 0 Å². The number of nitrogens with zero attached hydrogens (tertiary/aromatic N) is 1. The molecule has 94 valence electrons. The molecule has 0 aliphatic heterocycles. The van der Waals surface area contributed by atoms with Gasteiger partial charge in [0.2, 0.25) is 5.91 Å². The van der Waals surface area contributed by atoms with Crippen LogP contribution in [0.5, 0.6) is 0 Å². The maximum atomic E-state index is 11.5. The zero-order valence-corrected chi connectivity index (χ0v) is 10.8. The minimum Gasteiger partial charge on any atom is -0.368 e. The van der Waals surface area contributed by atoms with Crippen molar-refractivity contribution in [2.24, 2.45) is 5.73 Å². The number of carbonyl (C=O) groups excluding carboxylic acids is 1. The summed E-state index contributed by atoms with van der Waals surface area (Å²) in [5.41, 5.74) is 5.03. The summed E-state index contributed by atoms with van der Waals surface area (Å²) in [6, 6.07) is 0.505. The van der Waals surface area contributed by atoms with Gasteiger partial charge in [0.1, 0.15) is 0 Å². The summed E-state index contributed by atoms with van der Waals surface area (Å²) in [6.07, 6.45) is 3.95. The van der Waals surface area contributed by atoms with Crippen LogP contribution in [0.3, 0.4) is 0 Å². The predicted molar refractivity (Wildman–Crippen MR) is 66.2 cm³/mol. The molecule has 0 aromatic carbocycles. The largest absolute Gasteiger partial charge is 0.368 e. The van der Waals surface area contributed by atoms with Crippen molar-refractivity contribution < 1.29 is 4.79 Å². The van der Waals surface area contributed by atoms with E-state index in [-0.39, 0.29) is 5.91 Å². The van der Waals surface area contributed by atoms with Crippen LogP contribution in [0, 0.1) is 0 Å². The van der Waals surface area contributed by atoms with E-state index in [0.717, 1.165) is 38.8 Å². The van der Waals surface area contributed by atoms with Gasteiger partial charge in [-0.2, -0.15) is 0 Å². The molecular weight excluding hydrogens is 202 g/mol. The van der Waals surface area contributed by atoms with E-state index in [1.165, 1.54) is 0 Å². The lowest BCUT2D eigenvalue weighted by Crippen LogP contribution is -2.53. The number of nitrogens with two attached hydrogens (primary N) is 1. The summed E-state index contributed by atoms with van der Waals surface area (Å²) < 4.78 is 0. The van der Waals surface area contributed by atoms with Gasteiger partial charge in [-0.05, 0) is 45.8 Å². The fourth-order valence-electron chi connectivity index (χ4n) is 2.79. The van der Waals surface area contributed by atoms with Gasteiger partial charge in [-0.25, -0.2) is 0 Å². The zero-order chi connectivity index (χ0) is 12.2. The van der Waals surface area contributed by atoms with Crippen LogP contribution >= 0.6 is 0 Å². The third-order valence-corrected chi connectivity index (χ3v) is 3.87. The van der Waals surface area contributed by atoms with Crippen molar-refractivity contribution in [1.82, 2.24) is 10.2 Å². The minimum atomic E-state index is -0.466. The SMILES string of the molecule is CCCN(CC)C1CCC(NC)(C(N)=O)C1. The fourth-order valence-corrected chi connectivity index (χ4v) is 2.79. The Morgan fingerprint density at radius 1 is 1.56 bits per heavy atom. The second-order valence-electron chi connectivity index (χ2n) is 4.72. The number of rotatable bonds is 6. The molecule has 1 fully saturated rings. The van der Waals surface area contributed by atoms with Gasteiger partial charge in [0.25, 0.3) is 0 Å². The van der Waals surface area contributed by atoms with E-state index in [4.69, 9.17) is 5.73 Å². The standard InChI is InChI=1S/C12H25N3O/c1-4-8-15(5-2)10-6-7-12(9-10,14-3)11(13)16/h10,14H,4-9H2,1-3H3,(H2,13,16). The summed E-state index contributed by atoms with van der Waals surface area (Å²) >= 11 is 0. The molecule has 0 aromatic rings. The van der Waals surface area contributed by atoms with E-state index in [1.54, 1.807) is 0 Å². The van der Waals surface area contributed by atoms with E-state index in [0.29, 0.717) is 6.04 Å². The normalized spacial score (nSPS) is 29.9. The van der Waals surface area contributed by atoms with Gasteiger partial charge in [-0.15, -0.1) is 0 Å². The number of amides is 1. The number of carbonyl (C=O) groups is 1. The third kappa shape index (κ3) is 2.55. The highest BCUT2D eigenvalue weighted by atomic mass is 16.1. The van der Waals surface area contributed by atoms with Crippen molar-refractivity contribution in [1.29, 1.82) is 0 Å². The summed E-state index contributed by atoms with van der Waals surface area (Å²) in [6.45, 7) is 6.53. The minimum absolute atomic E-state index is 0.204. The quantitative estimate of drug-likeness (QED) is 0.703. The highest BCUT2D eigenvalue weighted by molar-refractivity contribution is 5.85. The zero-order valence-electron chi connectivity index (χ0n) is 10.8. The first kappa shape index (κ1) is 13.5. The van der Waals surface area contributed by atoms with Crippen LogP contribution in [0.15, 0.2) is 0 Å². The van der Waals surface area contributed by atoms with Crippen LogP contribution in [0.4, 0.5) is 0 Å². The van der Waals surface area contributed by atoms with Crippen molar-refractivity contribution >= 4 is 5.91 Å². The van der Waals surface area contributed by atoms with Gasteiger partial charge in [0.05, 0.1) is 5.54 Å². The number of likely N-dealkylation sites (N-methyl/N-ethyl adjacent to an activating group) is 1. The van der Waals surface area contributed by atoms with Crippen LogP contribution < -0.4 is 11.1 Å². The number of hydrogen-bond acceptors (Lipinski definition) is 3. The van der Waals surface area contributed by atoms with E-state index in [2.05, 4.69) is 24.1 Å². The van der Waals surface area contributed by atoms with E-state index in [1.807, 2.05) is 7.05 Å². The monoisotopic (exact) mass is 227 g/mol. The number of nitrogens with one attached hydrogen (secondary N) is 1. The second kappa shape index (κ2) is 5.64. The molecule has 0 heterocycles. The summed E-state index contributed by atoms with van der Waals surface area (Å²) in [7, 11) is 1.84. The number of hydrogen-bond donors (Lipinski definition) is 2. The molecule has 0 aromatic heterocycles. The Balaban J connectivity index is 2.65. The van der Waals surface area contributed by atoms with Gasteiger partial charge >= 0.3 is 0 Å². The molecule has 1 amide bonds. The highest BCUT2D eigenvalue weighted by Crippen LogP contribution is 2.32. The van der Waals surface area contributed by atoms with Crippen LogP contribution in [0.2, 0.25) is 0 Å². The lowest BCUT2D eigenvalue weighted by molar-refractivity contribution is -0.124. The third-order valence-electron chi connectivity index (χ3n) is 3.87. The molecule has 1 saturated carbocycles. The first-order valence-corrected chi connectivity index (χ1v) is 6.32. The summed E-state index contributed by atoms with van der Waals surface area (Å²) in [5.74, 6) is -0.204. The molecule has 1 rings (SSSR count). The maximum absolute atomic E-state index is 11.5. The van der Waals surface area contributed by atoms with Gasteiger partial charge in [0.15, 0.2) is 0 Å². The molecule has 2 unspecified atom stereocenters. The van der Waals surface area contributed by atoms with Crippen molar-refractivity contribution in [3.05, 3.63) is 0 Å². The van der Waals surface area contributed by atoms with Crippen LogP contribution in [-0.4, -0.2) is 42.5 Å². The van der Waals surface area contributed by atoms with E-state index < -0.39 is 5.54 Å². The second-order valence-corrected chi connectivity index (χ2v) is 4.72. The Hall–Kier alpha value is -0.610. The Labute approximate surface area is 98.6 Å². The van der Waals surface area contributed by atoms with Crippen LogP contribution in [0.1, 0.15) is 39.5 Å². The summed E-state index contributed by atoms with van der Waals surface area (Å²) in [4.78, 5) is 14.0. The molecular formula is C12H25N3O. The average Bonchev–Trinajstić information content (AvgIpc) is 2.71. The Bertz CT molecular complexity index is 244. The molecule has 4 nitrogen and oxygen atoms in total. The highest BCUT2D eigenvalue weighted by Gasteiger charge is 2.44. The maximum Gasteiger partial charge on any atom is 0.237 e. The number of primary amides is 1.